The molecule has 0 atom stereocenters. The van der Waals surface area contributed by atoms with Gasteiger partial charge in [0.25, 0.3) is 0 Å². The van der Waals surface area contributed by atoms with Gasteiger partial charge in [-0.2, -0.15) is 0 Å². The van der Waals surface area contributed by atoms with E-state index in [-0.39, 0.29) is 12.0 Å². The number of hydrogen-bond acceptors (Lipinski definition) is 3. The van der Waals surface area contributed by atoms with E-state index in [1.807, 2.05) is 0 Å². The van der Waals surface area contributed by atoms with Crippen molar-refractivity contribution in [2.45, 2.75) is 38.7 Å². The van der Waals surface area contributed by atoms with E-state index in [4.69, 9.17) is 15.9 Å². The van der Waals surface area contributed by atoms with Crippen LogP contribution in [0.4, 0.5) is 0 Å². The highest BCUT2D eigenvalue weighted by molar-refractivity contribution is 5.85. The lowest BCUT2D eigenvalue weighted by Gasteiger charge is -2.10. The average molecular weight is 168 g/mol. The second-order valence-electron chi connectivity index (χ2n) is 3.28. The normalized spacial score (nSPS) is 19.6. The molecule has 0 aromatic rings. The first-order valence-corrected chi connectivity index (χ1v) is 4.37. The summed E-state index contributed by atoms with van der Waals surface area (Å²) in [6, 6.07) is 0. The van der Waals surface area contributed by atoms with Crippen molar-refractivity contribution in [2.24, 2.45) is 5.73 Å². The van der Waals surface area contributed by atoms with E-state index in [1.54, 1.807) is 13.0 Å². The van der Waals surface area contributed by atoms with Crippen molar-refractivity contribution in [3.05, 3.63) is 11.8 Å². The van der Waals surface area contributed by atoms with E-state index in [1.165, 1.54) is 12.8 Å². The zero-order chi connectivity index (χ0) is 8.97. The molecule has 0 bridgehead atoms. The number of ether oxygens (including phenoxy) is 1. The molecule has 0 aromatic heterocycles. The molecular formula is C9H16N2O. The lowest BCUT2D eigenvalue weighted by Crippen LogP contribution is -2.13. The molecule has 1 saturated carbocycles. The predicted octanol–water partition coefficient (Wildman–Crippen LogP) is 1.79. The van der Waals surface area contributed by atoms with Crippen LogP contribution in [0.2, 0.25) is 0 Å². The van der Waals surface area contributed by atoms with E-state index in [2.05, 4.69) is 0 Å². The lowest BCUT2D eigenvalue weighted by molar-refractivity contribution is 0.196. The van der Waals surface area contributed by atoms with Crippen LogP contribution in [0.1, 0.15) is 32.6 Å². The molecule has 0 spiro atoms. The van der Waals surface area contributed by atoms with Gasteiger partial charge >= 0.3 is 0 Å². The summed E-state index contributed by atoms with van der Waals surface area (Å²) in [5.41, 5.74) is 6.03. The third-order valence-electron chi connectivity index (χ3n) is 1.95. The fourth-order valence-corrected chi connectivity index (χ4v) is 1.43. The van der Waals surface area contributed by atoms with Crippen molar-refractivity contribution in [1.82, 2.24) is 0 Å². The van der Waals surface area contributed by atoms with Gasteiger partial charge in [-0.25, -0.2) is 0 Å². The molecule has 0 amide bonds. The Labute approximate surface area is 73.1 Å². The Hall–Kier alpha value is -0.990. The summed E-state index contributed by atoms with van der Waals surface area (Å²) in [6.45, 7) is 1.76. The van der Waals surface area contributed by atoms with Crippen LogP contribution in [0, 0.1) is 5.41 Å². The largest absolute Gasteiger partial charge is 0.475 e. The molecule has 3 nitrogen and oxygen atoms in total. The minimum absolute atomic E-state index is 0.196. The van der Waals surface area contributed by atoms with Crippen LogP contribution in [0.15, 0.2) is 11.8 Å². The molecule has 0 aliphatic heterocycles. The van der Waals surface area contributed by atoms with Crippen molar-refractivity contribution in [3.63, 3.8) is 0 Å². The minimum Gasteiger partial charge on any atom is -0.475 e. The minimum atomic E-state index is 0.196. The van der Waals surface area contributed by atoms with Gasteiger partial charge in [0.2, 0.25) is 5.90 Å². The molecule has 12 heavy (non-hydrogen) atoms. The Morgan fingerprint density at radius 2 is 2.08 bits per heavy atom. The van der Waals surface area contributed by atoms with Crippen molar-refractivity contribution in [2.75, 3.05) is 0 Å². The van der Waals surface area contributed by atoms with Gasteiger partial charge in [0.1, 0.15) is 6.10 Å². The Bertz CT molecular complexity index is 189. The van der Waals surface area contributed by atoms with Crippen LogP contribution in [0.3, 0.4) is 0 Å². The first-order chi connectivity index (χ1) is 5.68. The molecule has 1 aliphatic carbocycles. The summed E-state index contributed by atoms with van der Waals surface area (Å²) in [7, 11) is 0. The lowest BCUT2D eigenvalue weighted by atomic mass is 10.3. The molecule has 68 valence electrons. The SMILES string of the molecule is CC(N)=CC(=N)OC1CCCC1. The molecule has 0 radical (unpaired) electrons. The molecular weight excluding hydrogens is 152 g/mol. The fraction of sp³-hybridized carbons (Fsp3) is 0.667. The van der Waals surface area contributed by atoms with Gasteiger partial charge in [-0.3, -0.25) is 5.41 Å². The second kappa shape index (κ2) is 4.14. The van der Waals surface area contributed by atoms with E-state index in [0.29, 0.717) is 5.70 Å². The highest BCUT2D eigenvalue weighted by Crippen LogP contribution is 2.21. The van der Waals surface area contributed by atoms with Gasteiger partial charge in [-0.1, -0.05) is 0 Å². The number of nitrogens with two attached hydrogens (primary N) is 1. The van der Waals surface area contributed by atoms with Crippen LogP contribution in [-0.4, -0.2) is 12.0 Å². The fourth-order valence-electron chi connectivity index (χ4n) is 1.43. The maximum Gasteiger partial charge on any atom is 0.207 e. The number of allylic oxidation sites excluding steroid dienone is 1. The van der Waals surface area contributed by atoms with E-state index in [9.17, 15) is 0 Å². The molecule has 0 unspecified atom stereocenters. The first kappa shape index (κ1) is 9.10. The maximum atomic E-state index is 7.41. The Balaban J connectivity index is 2.30. The van der Waals surface area contributed by atoms with Crippen LogP contribution in [0.25, 0.3) is 0 Å². The third kappa shape index (κ3) is 2.95. The predicted molar refractivity (Wildman–Crippen MR) is 49.0 cm³/mol. The monoisotopic (exact) mass is 168 g/mol. The van der Waals surface area contributed by atoms with Gasteiger partial charge in [-0.15, -0.1) is 0 Å². The summed E-state index contributed by atoms with van der Waals surface area (Å²) >= 11 is 0. The van der Waals surface area contributed by atoms with Crippen LogP contribution >= 0.6 is 0 Å². The highest BCUT2D eigenvalue weighted by Gasteiger charge is 2.16. The van der Waals surface area contributed by atoms with Gasteiger partial charge in [-0.05, 0) is 32.6 Å². The number of rotatable bonds is 2. The van der Waals surface area contributed by atoms with Gasteiger partial charge in [0, 0.05) is 11.8 Å². The van der Waals surface area contributed by atoms with Crippen molar-refractivity contribution >= 4 is 5.90 Å². The van der Waals surface area contributed by atoms with Crippen molar-refractivity contribution < 1.29 is 4.74 Å². The Kier molecular flexibility index (Phi) is 3.14. The molecule has 1 aliphatic rings. The summed E-state index contributed by atoms with van der Waals surface area (Å²) in [5, 5.41) is 7.41. The topological polar surface area (TPSA) is 59.1 Å². The van der Waals surface area contributed by atoms with E-state index in [0.717, 1.165) is 12.8 Å². The van der Waals surface area contributed by atoms with Crippen molar-refractivity contribution in [1.29, 1.82) is 5.41 Å². The standard InChI is InChI=1S/C9H16N2O/c1-7(10)6-9(11)12-8-4-2-3-5-8/h6,8,11H,2-5,10H2,1H3. The third-order valence-corrected chi connectivity index (χ3v) is 1.95. The average Bonchev–Trinajstić information content (AvgIpc) is 2.37. The molecule has 0 aromatic carbocycles. The summed E-state index contributed by atoms with van der Waals surface area (Å²) in [6.07, 6.45) is 6.43. The summed E-state index contributed by atoms with van der Waals surface area (Å²) in [5.74, 6) is 0.196. The van der Waals surface area contributed by atoms with Crippen LogP contribution in [-0.2, 0) is 4.74 Å². The maximum absolute atomic E-state index is 7.41. The van der Waals surface area contributed by atoms with Gasteiger partial charge in [0.05, 0.1) is 0 Å². The van der Waals surface area contributed by atoms with Gasteiger partial charge in [0.15, 0.2) is 0 Å². The molecule has 0 saturated heterocycles. The van der Waals surface area contributed by atoms with Crippen LogP contribution in [0.5, 0.6) is 0 Å². The Morgan fingerprint density at radius 3 is 2.58 bits per heavy atom. The number of hydrogen-bond donors (Lipinski definition) is 2. The smallest absolute Gasteiger partial charge is 0.207 e. The zero-order valence-corrected chi connectivity index (χ0v) is 7.47. The quantitative estimate of drug-likeness (QED) is 0.487. The number of nitrogens with one attached hydrogen (secondary N) is 1. The van der Waals surface area contributed by atoms with E-state index >= 15 is 0 Å². The van der Waals surface area contributed by atoms with Crippen molar-refractivity contribution in [3.8, 4) is 0 Å². The highest BCUT2D eigenvalue weighted by atomic mass is 16.5. The molecule has 3 heteroatoms. The van der Waals surface area contributed by atoms with Crippen LogP contribution < -0.4 is 5.73 Å². The Morgan fingerprint density at radius 1 is 1.50 bits per heavy atom. The second-order valence-corrected chi connectivity index (χ2v) is 3.28. The molecule has 3 N–H and O–H groups in total. The zero-order valence-electron chi connectivity index (χ0n) is 7.47. The summed E-state index contributed by atoms with van der Waals surface area (Å²) < 4.78 is 5.35. The molecule has 1 rings (SSSR count). The summed E-state index contributed by atoms with van der Waals surface area (Å²) in [4.78, 5) is 0. The molecule has 1 fully saturated rings. The molecule has 0 heterocycles. The first-order valence-electron chi connectivity index (χ1n) is 4.37. The van der Waals surface area contributed by atoms with E-state index < -0.39 is 0 Å². The van der Waals surface area contributed by atoms with Gasteiger partial charge < -0.3 is 10.5 Å².